The molecular weight excluding hydrogens is 364 g/mol. The van der Waals surface area contributed by atoms with Crippen LogP contribution in [0.5, 0.6) is 0 Å². The van der Waals surface area contributed by atoms with Crippen molar-refractivity contribution >= 4 is 28.5 Å². The number of aromatic amines is 1. The summed E-state index contributed by atoms with van der Waals surface area (Å²) >= 11 is 0. The molecule has 0 radical (unpaired) electrons. The number of hydrogen-bond donors (Lipinski definition) is 2. The first-order valence-corrected chi connectivity index (χ1v) is 10.3. The Hall–Kier alpha value is -3.15. The van der Waals surface area contributed by atoms with Crippen LogP contribution in [-0.4, -0.2) is 39.8 Å². The van der Waals surface area contributed by atoms with E-state index in [4.69, 9.17) is 0 Å². The molecule has 6 nitrogen and oxygen atoms in total. The lowest BCUT2D eigenvalue weighted by Crippen LogP contribution is -2.38. The number of anilines is 1. The highest BCUT2D eigenvalue weighted by Gasteiger charge is 2.30. The first-order chi connectivity index (χ1) is 14.2. The molecule has 1 aliphatic heterocycles. The van der Waals surface area contributed by atoms with Crippen LogP contribution in [0, 0.1) is 5.92 Å². The average molecular weight is 388 g/mol. The molecule has 0 atom stereocenters. The number of nitrogens with one attached hydrogen (secondary N) is 2. The molecule has 3 aromatic rings. The van der Waals surface area contributed by atoms with Crippen LogP contribution in [0.15, 0.2) is 48.7 Å². The normalized spacial score (nSPS) is 17.4. The van der Waals surface area contributed by atoms with Gasteiger partial charge in [-0.25, -0.2) is 4.98 Å². The van der Waals surface area contributed by atoms with Gasteiger partial charge in [0.05, 0.1) is 0 Å². The minimum atomic E-state index is 0.00116. The van der Waals surface area contributed by atoms with E-state index in [1.54, 1.807) is 18.3 Å². The SMILES string of the molecule is O=C(Nc1cc(C(=O)N2CCC(c3cc4ccccc4[nH]3)CC2)ccn1)C1CC1. The van der Waals surface area contributed by atoms with E-state index in [2.05, 4.69) is 39.6 Å². The molecule has 2 aromatic heterocycles. The smallest absolute Gasteiger partial charge is 0.254 e. The number of aromatic nitrogens is 2. The third kappa shape index (κ3) is 3.75. The summed E-state index contributed by atoms with van der Waals surface area (Å²) in [4.78, 5) is 34.5. The number of piperidine rings is 1. The maximum absolute atomic E-state index is 12.9. The molecule has 2 fully saturated rings. The molecule has 2 N–H and O–H groups in total. The maximum atomic E-state index is 12.9. The topological polar surface area (TPSA) is 78.1 Å². The van der Waals surface area contributed by atoms with Gasteiger partial charge >= 0.3 is 0 Å². The molecule has 0 bridgehead atoms. The van der Waals surface area contributed by atoms with Gasteiger partial charge in [-0.15, -0.1) is 0 Å². The monoisotopic (exact) mass is 388 g/mol. The number of H-pyrrole nitrogens is 1. The van der Waals surface area contributed by atoms with Crippen LogP contribution in [0.1, 0.15) is 47.7 Å². The Labute approximate surface area is 169 Å². The second kappa shape index (κ2) is 7.35. The van der Waals surface area contributed by atoms with Crippen molar-refractivity contribution in [3.63, 3.8) is 0 Å². The molecule has 1 aromatic carbocycles. The van der Waals surface area contributed by atoms with Gasteiger partial charge in [0.15, 0.2) is 0 Å². The van der Waals surface area contributed by atoms with Gasteiger partial charge in [0.2, 0.25) is 5.91 Å². The van der Waals surface area contributed by atoms with Crippen molar-refractivity contribution in [1.29, 1.82) is 0 Å². The molecule has 3 heterocycles. The zero-order valence-corrected chi connectivity index (χ0v) is 16.2. The fraction of sp³-hybridized carbons (Fsp3) is 0.348. The molecule has 1 saturated heterocycles. The summed E-state index contributed by atoms with van der Waals surface area (Å²) in [6, 6.07) is 14.0. The molecule has 148 valence electrons. The summed E-state index contributed by atoms with van der Waals surface area (Å²) in [5.74, 6) is 1.02. The highest BCUT2D eigenvalue weighted by molar-refractivity contribution is 5.97. The van der Waals surface area contributed by atoms with Crippen LogP contribution in [0.2, 0.25) is 0 Å². The van der Waals surface area contributed by atoms with E-state index >= 15 is 0 Å². The van der Waals surface area contributed by atoms with E-state index in [0.717, 1.165) is 38.8 Å². The Morgan fingerprint density at radius 3 is 2.59 bits per heavy atom. The quantitative estimate of drug-likeness (QED) is 0.711. The maximum Gasteiger partial charge on any atom is 0.254 e. The molecule has 6 heteroatoms. The molecule has 1 saturated carbocycles. The second-order valence-corrected chi connectivity index (χ2v) is 8.07. The van der Waals surface area contributed by atoms with Gasteiger partial charge in [0.25, 0.3) is 5.91 Å². The molecule has 0 unspecified atom stereocenters. The second-order valence-electron chi connectivity index (χ2n) is 8.07. The Morgan fingerprint density at radius 1 is 1.03 bits per heavy atom. The standard InChI is InChI=1S/C23H24N4O2/c28-22(16-5-6-16)26-21-14-18(7-10-24-21)23(29)27-11-8-15(9-12-27)20-13-17-3-1-2-4-19(17)25-20/h1-4,7,10,13-16,25H,5-6,8-9,11-12H2,(H,24,26,28). The number of amides is 2. The fourth-order valence-electron chi connectivity index (χ4n) is 4.10. The lowest BCUT2D eigenvalue weighted by molar-refractivity contribution is -0.117. The van der Waals surface area contributed by atoms with Crippen molar-refractivity contribution in [2.24, 2.45) is 5.92 Å². The van der Waals surface area contributed by atoms with E-state index in [9.17, 15) is 9.59 Å². The van der Waals surface area contributed by atoms with Crippen molar-refractivity contribution in [3.8, 4) is 0 Å². The van der Waals surface area contributed by atoms with Crippen molar-refractivity contribution in [2.75, 3.05) is 18.4 Å². The number of pyridine rings is 1. The van der Waals surface area contributed by atoms with Crippen molar-refractivity contribution in [2.45, 2.75) is 31.6 Å². The van der Waals surface area contributed by atoms with Crippen LogP contribution in [0.4, 0.5) is 5.82 Å². The molecule has 29 heavy (non-hydrogen) atoms. The Bertz CT molecular complexity index is 1030. The first kappa shape index (κ1) is 17.9. The van der Waals surface area contributed by atoms with Gasteiger partial charge in [-0.3, -0.25) is 9.59 Å². The lowest BCUT2D eigenvalue weighted by Gasteiger charge is -2.31. The third-order valence-electron chi connectivity index (χ3n) is 5.98. The lowest BCUT2D eigenvalue weighted by atomic mass is 9.93. The fourth-order valence-corrected chi connectivity index (χ4v) is 4.10. The molecule has 1 aliphatic carbocycles. The van der Waals surface area contributed by atoms with Gasteiger partial charge in [0, 0.05) is 47.9 Å². The number of hydrogen-bond acceptors (Lipinski definition) is 3. The number of para-hydroxylation sites is 1. The molecule has 0 spiro atoms. The summed E-state index contributed by atoms with van der Waals surface area (Å²) in [6.07, 6.45) is 5.35. The number of fused-ring (bicyclic) bond motifs is 1. The summed E-state index contributed by atoms with van der Waals surface area (Å²) in [5, 5.41) is 4.05. The minimum absolute atomic E-state index is 0.00116. The van der Waals surface area contributed by atoms with Crippen LogP contribution in [-0.2, 0) is 4.79 Å². The van der Waals surface area contributed by atoms with Gasteiger partial charge in [-0.05, 0) is 55.3 Å². The van der Waals surface area contributed by atoms with Crippen LogP contribution >= 0.6 is 0 Å². The van der Waals surface area contributed by atoms with Gasteiger partial charge in [0.1, 0.15) is 5.82 Å². The summed E-state index contributed by atoms with van der Waals surface area (Å²) in [5.41, 5.74) is 3.00. The van der Waals surface area contributed by atoms with Crippen LogP contribution in [0.25, 0.3) is 10.9 Å². The highest BCUT2D eigenvalue weighted by Crippen LogP contribution is 2.31. The van der Waals surface area contributed by atoms with Gasteiger partial charge in [-0.1, -0.05) is 18.2 Å². The third-order valence-corrected chi connectivity index (χ3v) is 5.98. The number of carbonyl (C=O) groups excluding carboxylic acids is 2. The van der Waals surface area contributed by atoms with Crippen molar-refractivity contribution < 1.29 is 9.59 Å². The van der Waals surface area contributed by atoms with Crippen LogP contribution in [0.3, 0.4) is 0 Å². The number of likely N-dealkylation sites (tertiary alicyclic amines) is 1. The molecule has 5 rings (SSSR count). The Balaban J connectivity index is 1.23. The predicted octanol–water partition coefficient (Wildman–Crippen LogP) is 3.93. The van der Waals surface area contributed by atoms with E-state index < -0.39 is 0 Å². The molecule has 2 amide bonds. The van der Waals surface area contributed by atoms with E-state index in [1.807, 2.05) is 11.0 Å². The summed E-state index contributed by atoms with van der Waals surface area (Å²) in [6.45, 7) is 1.45. The van der Waals surface area contributed by atoms with Gasteiger partial charge < -0.3 is 15.2 Å². The predicted molar refractivity (Wildman–Crippen MR) is 112 cm³/mol. The first-order valence-electron chi connectivity index (χ1n) is 10.3. The molecular formula is C23H24N4O2. The number of rotatable bonds is 4. The van der Waals surface area contributed by atoms with Crippen LogP contribution < -0.4 is 5.32 Å². The largest absolute Gasteiger partial charge is 0.358 e. The van der Waals surface area contributed by atoms with E-state index in [-0.39, 0.29) is 17.7 Å². The number of carbonyl (C=O) groups is 2. The summed E-state index contributed by atoms with van der Waals surface area (Å²) in [7, 11) is 0. The van der Waals surface area contributed by atoms with Crippen molar-refractivity contribution in [1.82, 2.24) is 14.9 Å². The molecule has 2 aliphatic rings. The zero-order valence-electron chi connectivity index (χ0n) is 16.2. The zero-order chi connectivity index (χ0) is 19.8. The average Bonchev–Trinajstić information content (AvgIpc) is 3.52. The number of benzene rings is 1. The van der Waals surface area contributed by atoms with E-state index in [1.165, 1.54) is 16.6 Å². The summed E-state index contributed by atoms with van der Waals surface area (Å²) < 4.78 is 0. The van der Waals surface area contributed by atoms with Crippen molar-refractivity contribution in [3.05, 3.63) is 59.9 Å². The Kier molecular flexibility index (Phi) is 4.54. The number of nitrogens with zero attached hydrogens (tertiary/aromatic N) is 2. The van der Waals surface area contributed by atoms with E-state index in [0.29, 0.717) is 17.3 Å². The highest BCUT2D eigenvalue weighted by atomic mass is 16.2. The Morgan fingerprint density at radius 2 is 1.83 bits per heavy atom. The van der Waals surface area contributed by atoms with Gasteiger partial charge in [-0.2, -0.15) is 0 Å². The minimum Gasteiger partial charge on any atom is -0.358 e.